The van der Waals surface area contributed by atoms with Crippen molar-refractivity contribution in [2.45, 2.75) is 38.8 Å². The third-order valence-electron chi connectivity index (χ3n) is 3.03. The van der Waals surface area contributed by atoms with Crippen molar-refractivity contribution in [2.75, 3.05) is 5.32 Å². The van der Waals surface area contributed by atoms with Crippen LogP contribution in [0.1, 0.15) is 24.1 Å². The lowest BCUT2D eigenvalue weighted by molar-refractivity contribution is 0.699. The summed E-state index contributed by atoms with van der Waals surface area (Å²) in [5.74, 6) is 1.04. The molecule has 2 aromatic rings. The van der Waals surface area contributed by atoms with Gasteiger partial charge in [0, 0.05) is 18.8 Å². The van der Waals surface area contributed by atoms with Crippen LogP contribution in [0.3, 0.4) is 0 Å². The topological polar surface area (TPSA) is 29.9 Å². The van der Waals surface area contributed by atoms with E-state index >= 15 is 0 Å². The summed E-state index contributed by atoms with van der Waals surface area (Å²) in [6.07, 6.45) is 5.79. The molecule has 1 saturated carbocycles. The first-order valence-corrected chi connectivity index (χ1v) is 7.07. The third-order valence-corrected chi connectivity index (χ3v) is 3.76. The fourth-order valence-electron chi connectivity index (χ4n) is 1.93. The van der Waals surface area contributed by atoms with Gasteiger partial charge in [-0.05, 0) is 48.6 Å². The highest BCUT2D eigenvalue weighted by atomic mass is 32.1. The SMILES string of the molecule is Cc1cn(CCc2ccsc2)c(NC2CC2)n1. The number of aromatic nitrogens is 2. The van der Waals surface area contributed by atoms with Crippen molar-refractivity contribution in [3.63, 3.8) is 0 Å². The molecule has 0 aromatic carbocycles. The lowest BCUT2D eigenvalue weighted by Gasteiger charge is -2.08. The van der Waals surface area contributed by atoms with Crippen molar-refractivity contribution in [3.05, 3.63) is 34.3 Å². The third kappa shape index (κ3) is 2.69. The number of nitrogens with zero attached hydrogens (tertiary/aromatic N) is 2. The van der Waals surface area contributed by atoms with Crippen LogP contribution >= 0.6 is 11.3 Å². The van der Waals surface area contributed by atoms with Crippen molar-refractivity contribution in [1.82, 2.24) is 9.55 Å². The van der Waals surface area contributed by atoms with Gasteiger partial charge < -0.3 is 9.88 Å². The smallest absolute Gasteiger partial charge is 0.203 e. The van der Waals surface area contributed by atoms with Gasteiger partial charge in [-0.3, -0.25) is 0 Å². The zero-order chi connectivity index (χ0) is 11.7. The number of aryl methyl sites for hydroxylation is 3. The van der Waals surface area contributed by atoms with E-state index in [0.717, 1.165) is 24.6 Å². The minimum atomic E-state index is 0.664. The zero-order valence-corrected chi connectivity index (χ0v) is 10.8. The van der Waals surface area contributed by atoms with E-state index in [2.05, 4.69) is 44.8 Å². The van der Waals surface area contributed by atoms with Crippen molar-refractivity contribution in [1.29, 1.82) is 0 Å². The first-order chi connectivity index (χ1) is 8.31. The van der Waals surface area contributed by atoms with Gasteiger partial charge in [-0.25, -0.2) is 4.98 Å². The largest absolute Gasteiger partial charge is 0.353 e. The van der Waals surface area contributed by atoms with E-state index in [9.17, 15) is 0 Å². The lowest BCUT2D eigenvalue weighted by atomic mass is 10.2. The van der Waals surface area contributed by atoms with Gasteiger partial charge in [0.25, 0.3) is 0 Å². The molecule has 0 amide bonds. The van der Waals surface area contributed by atoms with Crippen LogP contribution < -0.4 is 5.32 Å². The fraction of sp³-hybridized carbons (Fsp3) is 0.462. The summed E-state index contributed by atoms with van der Waals surface area (Å²) >= 11 is 1.76. The van der Waals surface area contributed by atoms with Gasteiger partial charge in [0.05, 0.1) is 5.69 Å². The molecule has 0 spiro atoms. The molecular formula is C13H17N3S. The minimum absolute atomic E-state index is 0.664. The van der Waals surface area contributed by atoms with E-state index in [0.29, 0.717) is 6.04 Å². The lowest BCUT2D eigenvalue weighted by Crippen LogP contribution is -2.09. The number of rotatable bonds is 5. The Morgan fingerprint density at radius 3 is 3.12 bits per heavy atom. The van der Waals surface area contributed by atoms with Crippen LogP contribution in [0, 0.1) is 6.92 Å². The van der Waals surface area contributed by atoms with Gasteiger partial charge in [-0.15, -0.1) is 0 Å². The van der Waals surface area contributed by atoms with Gasteiger partial charge in [0.1, 0.15) is 0 Å². The van der Waals surface area contributed by atoms with Crippen LogP contribution in [-0.4, -0.2) is 15.6 Å². The normalized spacial score (nSPS) is 15.1. The van der Waals surface area contributed by atoms with Crippen LogP contribution in [0.2, 0.25) is 0 Å². The van der Waals surface area contributed by atoms with E-state index in [1.165, 1.54) is 18.4 Å². The summed E-state index contributed by atoms with van der Waals surface area (Å²) in [6, 6.07) is 2.86. The molecule has 3 nitrogen and oxygen atoms in total. The minimum Gasteiger partial charge on any atom is -0.353 e. The maximum atomic E-state index is 4.55. The van der Waals surface area contributed by atoms with E-state index in [4.69, 9.17) is 0 Å². The Morgan fingerprint density at radius 2 is 2.41 bits per heavy atom. The zero-order valence-electron chi connectivity index (χ0n) is 10.0. The highest BCUT2D eigenvalue weighted by Crippen LogP contribution is 2.24. The molecule has 90 valence electrons. The summed E-state index contributed by atoms with van der Waals surface area (Å²) in [6.45, 7) is 3.06. The second-order valence-corrected chi connectivity index (χ2v) is 5.48. The number of anilines is 1. The average molecular weight is 247 g/mol. The molecule has 2 aromatic heterocycles. The van der Waals surface area contributed by atoms with Crippen LogP contribution in [0.5, 0.6) is 0 Å². The number of nitrogens with one attached hydrogen (secondary N) is 1. The van der Waals surface area contributed by atoms with Crippen LogP contribution in [0.25, 0.3) is 0 Å². The molecule has 1 N–H and O–H groups in total. The van der Waals surface area contributed by atoms with Crippen molar-refractivity contribution < 1.29 is 0 Å². The summed E-state index contributed by atoms with van der Waals surface area (Å²) in [5, 5.41) is 7.85. The van der Waals surface area contributed by atoms with Crippen LogP contribution in [0.4, 0.5) is 5.95 Å². The van der Waals surface area contributed by atoms with E-state index in [1.54, 1.807) is 11.3 Å². The standard InChI is InChI=1S/C13H17N3S/c1-10-8-16(6-4-11-5-7-17-9-11)13(14-10)15-12-2-3-12/h5,7-9,12H,2-4,6H2,1H3,(H,14,15). The molecule has 0 aliphatic heterocycles. The highest BCUT2D eigenvalue weighted by Gasteiger charge is 2.22. The quantitative estimate of drug-likeness (QED) is 0.880. The maximum Gasteiger partial charge on any atom is 0.203 e. The molecule has 0 saturated heterocycles. The van der Waals surface area contributed by atoms with Crippen molar-refractivity contribution in [2.24, 2.45) is 0 Å². The second-order valence-electron chi connectivity index (χ2n) is 4.70. The number of thiophene rings is 1. The molecule has 1 fully saturated rings. The molecule has 0 radical (unpaired) electrons. The molecular weight excluding hydrogens is 230 g/mol. The van der Waals surface area contributed by atoms with Crippen molar-refractivity contribution in [3.8, 4) is 0 Å². The Balaban J connectivity index is 1.68. The molecule has 0 bridgehead atoms. The average Bonchev–Trinajstić information content (AvgIpc) is 2.85. The Hall–Kier alpha value is -1.29. The molecule has 1 aliphatic carbocycles. The summed E-state index contributed by atoms with van der Waals surface area (Å²) < 4.78 is 2.24. The van der Waals surface area contributed by atoms with E-state index in [-0.39, 0.29) is 0 Å². The maximum absolute atomic E-state index is 4.55. The fourth-order valence-corrected chi connectivity index (χ4v) is 2.63. The summed E-state index contributed by atoms with van der Waals surface area (Å²) in [7, 11) is 0. The Labute approximate surface area is 106 Å². The molecule has 17 heavy (non-hydrogen) atoms. The predicted octanol–water partition coefficient (Wildman–Crippen LogP) is 3.07. The van der Waals surface area contributed by atoms with Gasteiger partial charge in [0.15, 0.2) is 0 Å². The van der Waals surface area contributed by atoms with E-state index in [1.807, 2.05) is 0 Å². The summed E-state index contributed by atoms with van der Waals surface area (Å²) in [5.41, 5.74) is 2.51. The predicted molar refractivity (Wildman–Crippen MR) is 71.6 cm³/mol. The van der Waals surface area contributed by atoms with Crippen LogP contribution in [0.15, 0.2) is 23.0 Å². The Bertz CT molecular complexity index is 483. The number of hydrogen-bond acceptors (Lipinski definition) is 3. The highest BCUT2D eigenvalue weighted by molar-refractivity contribution is 7.07. The molecule has 4 heteroatoms. The first kappa shape index (κ1) is 10.8. The van der Waals surface area contributed by atoms with Crippen LogP contribution in [-0.2, 0) is 13.0 Å². The second kappa shape index (κ2) is 4.53. The first-order valence-electron chi connectivity index (χ1n) is 6.12. The molecule has 3 rings (SSSR count). The van der Waals surface area contributed by atoms with Gasteiger partial charge >= 0.3 is 0 Å². The number of hydrogen-bond donors (Lipinski definition) is 1. The molecule has 0 unspecified atom stereocenters. The van der Waals surface area contributed by atoms with Crippen molar-refractivity contribution >= 4 is 17.3 Å². The van der Waals surface area contributed by atoms with E-state index < -0.39 is 0 Å². The Kier molecular flexibility index (Phi) is 2.89. The van der Waals surface area contributed by atoms with Gasteiger partial charge in [-0.2, -0.15) is 11.3 Å². The Morgan fingerprint density at radius 1 is 1.53 bits per heavy atom. The molecule has 0 atom stereocenters. The number of imidazole rings is 1. The summed E-state index contributed by atoms with van der Waals surface area (Å²) in [4.78, 5) is 4.55. The van der Waals surface area contributed by atoms with Gasteiger partial charge in [-0.1, -0.05) is 0 Å². The molecule has 1 aliphatic rings. The monoisotopic (exact) mass is 247 g/mol. The molecule has 2 heterocycles. The van der Waals surface area contributed by atoms with Gasteiger partial charge in [0.2, 0.25) is 5.95 Å².